The first kappa shape index (κ1) is 9.64. The second kappa shape index (κ2) is 3.78. The number of ether oxygens (including phenoxy) is 2. The molecule has 0 saturated heterocycles. The van der Waals surface area contributed by atoms with E-state index in [4.69, 9.17) is 9.47 Å². The highest BCUT2D eigenvalue weighted by Crippen LogP contribution is 2.34. The topological polar surface area (TPSA) is 89.1 Å². The van der Waals surface area contributed by atoms with Crippen molar-refractivity contribution in [1.82, 2.24) is 15.2 Å². The Morgan fingerprint density at radius 1 is 1.29 bits per heavy atom. The van der Waals surface area contributed by atoms with E-state index in [2.05, 4.69) is 20.5 Å². The lowest BCUT2D eigenvalue weighted by Gasteiger charge is -2.04. The molecular weight excluding hydrogens is 224 g/mol. The lowest BCUT2D eigenvalue weighted by atomic mass is 10.3. The van der Waals surface area contributed by atoms with Crippen LogP contribution < -0.4 is 20.5 Å². The van der Waals surface area contributed by atoms with E-state index >= 15 is 0 Å². The predicted octanol–water partition coefficient (Wildman–Crippen LogP) is 0.637. The van der Waals surface area contributed by atoms with E-state index in [1.807, 2.05) is 0 Å². The van der Waals surface area contributed by atoms with E-state index in [0.717, 1.165) is 5.69 Å². The first-order valence-electron chi connectivity index (χ1n) is 4.90. The second-order valence-electron chi connectivity index (χ2n) is 3.37. The highest BCUT2D eigenvalue weighted by Gasteiger charge is 2.13. The van der Waals surface area contributed by atoms with Crippen molar-refractivity contribution in [2.75, 3.05) is 12.1 Å². The van der Waals surface area contributed by atoms with Crippen molar-refractivity contribution in [3.63, 3.8) is 0 Å². The van der Waals surface area contributed by atoms with Crippen molar-refractivity contribution in [1.29, 1.82) is 0 Å². The fourth-order valence-corrected chi connectivity index (χ4v) is 1.49. The molecule has 1 aliphatic rings. The van der Waals surface area contributed by atoms with Gasteiger partial charge in [0.1, 0.15) is 0 Å². The van der Waals surface area contributed by atoms with Crippen molar-refractivity contribution in [3.8, 4) is 11.5 Å². The molecule has 2 N–H and O–H groups in total. The zero-order valence-corrected chi connectivity index (χ0v) is 8.64. The summed E-state index contributed by atoms with van der Waals surface area (Å²) in [6.07, 6.45) is 1.42. The Bertz CT molecular complexity index is 610. The molecule has 0 fully saturated rings. The Morgan fingerprint density at radius 3 is 3.06 bits per heavy atom. The van der Waals surface area contributed by atoms with Gasteiger partial charge in [0.15, 0.2) is 17.3 Å². The molecule has 86 valence electrons. The quantitative estimate of drug-likeness (QED) is 0.789. The maximum absolute atomic E-state index is 11.0. The van der Waals surface area contributed by atoms with Crippen LogP contribution in [0.15, 0.2) is 29.2 Å². The van der Waals surface area contributed by atoms with Crippen LogP contribution >= 0.6 is 0 Å². The number of benzene rings is 1. The summed E-state index contributed by atoms with van der Waals surface area (Å²) in [5, 5.41) is 8.78. The third-order valence-corrected chi connectivity index (χ3v) is 2.21. The highest BCUT2D eigenvalue weighted by molar-refractivity contribution is 5.61. The van der Waals surface area contributed by atoms with Crippen LogP contribution in [0.25, 0.3) is 0 Å². The van der Waals surface area contributed by atoms with Crippen LogP contribution in [0.1, 0.15) is 0 Å². The molecule has 2 aromatic rings. The molecule has 3 rings (SSSR count). The number of fused-ring (bicyclic) bond motifs is 1. The van der Waals surface area contributed by atoms with Crippen molar-refractivity contribution in [2.45, 2.75) is 0 Å². The van der Waals surface area contributed by atoms with E-state index in [9.17, 15) is 4.79 Å². The molecule has 17 heavy (non-hydrogen) atoms. The van der Waals surface area contributed by atoms with Crippen LogP contribution in [0.3, 0.4) is 0 Å². The zero-order chi connectivity index (χ0) is 11.7. The van der Waals surface area contributed by atoms with Crippen LogP contribution in [-0.2, 0) is 0 Å². The molecule has 2 heterocycles. The summed E-state index contributed by atoms with van der Waals surface area (Å²) in [6.45, 7) is 0.226. The van der Waals surface area contributed by atoms with E-state index in [1.54, 1.807) is 18.2 Å². The van der Waals surface area contributed by atoms with Crippen LogP contribution in [-0.4, -0.2) is 22.0 Å². The Kier molecular flexibility index (Phi) is 2.14. The molecule has 0 amide bonds. The molecule has 7 nitrogen and oxygen atoms in total. The molecule has 0 spiro atoms. The number of hydrogen-bond donors (Lipinski definition) is 2. The van der Waals surface area contributed by atoms with Crippen LogP contribution in [0, 0.1) is 0 Å². The molecule has 0 radical (unpaired) electrons. The van der Waals surface area contributed by atoms with Crippen molar-refractivity contribution in [2.24, 2.45) is 0 Å². The van der Waals surface area contributed by atoms with Gasteiger partial charge in [-0.3, -0.25) is 0 Å². The van der Waals surface area contributed by atoms with Gasteiger partial charge in [-0.2, -0.15) is 10.1 Å². The molecular formula is C10H8N4O3. The molecule has 7 heteroatoms. The van der Waals surface area contributed by atoms with Gasteiger partial charge < -0.3 is 14.8 Å². The molecule has 0 unspecified atom stereocenters. The molecule has 0 aliphatic carbocycles. The van der Waals surface area contributed by atoms with Gasteiger partial charge >= 0.3 is 5.69 Å². The average molecular weight is 232 g/mol. The van der Waals surface area contributed by atoms with Gasteiger partial charge in [-0.1, -0.05) is 0 Å². The summed E-state index contributed by atoms with van der Waals surface area (Å²) in [7, 11) is 0. The van der Waals surface area contributed by atoms with Gasteiger partial charge in [0, 0.05) is 11.8 Å². The molecule has 1 aromatic heterocycles. The lowest BCUT2D eigenvalue weighted by Crippen LogP contribution is -2.13. The smallest absolute Gasteiger partial charge is 0.363 e. The largest absolute Gasteiger partial charge is 0.454 e. The van der Waals surface area contributed by atoms with Crippen molar-refractivity contribution >= 4 is 11.5 Å². The SMILES string of the molecule is O=c1nc(Nc2ccc3c(c2)OCO3)cn[nH]1. The third-order valence-electron chi connectivity index (χ3n) is 2.21. The Morgan fingerprint density at radius 2 is 2.18 bits per heavy atom. The number of H-pyrrole nitrogens is 1. The fourth-order valence-electron chi connectivity index (χ4n) is 1.49. The third kappa shape index (κ3) is 1.89. The van der Waals surface area contributed by atoms with Gasteiger partial charge in [0.25, 0.3) is 0 Å². The lowest BCUT2D eigenvalue weighted by molar-refractivity contribution is 0.174. The maximum Gasteiger partial charge on any atom is 0.363 e. The number of hydrogen-bond acceptors (Lipinski definition) is 6. The molecule has 0 saturated carbocycles. The monoisotopic (exact) mass is 232 g/mol. The van der Waals surface area contributed by atoms with Gasteiger partial charge in [0.05, 0.1) is 6.20 Å². The van der Waals surface area contributed by atoms with Crippen LogP contribution in [0.4, 0.5) is 11.5 Å². The van der Waals surface area contributed by atoms with E-state index in [0.29, 0.717) is 17.3 Å². The van der Waals surface area contributed by atoms with Crippen molar-refractivity contribution in [3.05, 3.63) is 34.9 Å². The number of rotatable bonds is 2. The summed E-state index contributed by atoms with van der Waals surface area (Å²) in [5.41, 5.74) is 0.241. The van der Waals surface area contributed by atoms with Gasteiger partial charge in [-0.15, -0.1) is 0 Å². The summed E-state index contributed by atoms with van der Waals surface area (Å²) >= 11 is 0. The minimum atomic E-state index is -0.504. The standard InChI is InChI=1S/C10H8N4O3/c15-10-13-9(4-11-14-10)12-6-1-2-7-8(3-6)17-5-16-7/h1-4H,5H2,(H2,12,13,14,15). The summed E-state index contributed by atoms with van der Waals surface area (Å²) in [5.74, 6) is 1.73. The van der Waals surface area contributed by atoms with Crippen LogP contribution in [0.2, 0.25) is 0 Å². The molecule has 0 bridgehead atoms. The van der Waals surface area contributed by atoms with Crippen LogP contribution in [0.5, 0.6) is 11.5 Å². The molecule has 0 atom stereocenters. The summed E-state index contributed by atoms with van der Waals surface area (Å²) < 4.78 is 10.4. The minimum Gasteiger partial charge on any atom is -0.454 e. The number of nitrogens with zero attached hydrogens (tertiary/aromatic N) is 2. The fraction of sp³-hybridized carbons (Fsp3) is 0.100. The maximum atomic E-state index is 11.0. The summed E-state index contributed by atoms with van der Waals surface area (Å²) in [4.78, 5) is 14.7. The predicted molar refractivity (Wildman–Crippen MR) is 58.5 cm³/mol. The van der Waals surface area contributed by atoms with Gasteiger partial charge in [-0.05, 0) is 12.1 Å². The first-order valence-corrected chi connectivity index (χ1v) is 4.90. The van der Waals surface area contributed by atoms with Crippen molar-refractivity contribution < 1.29 is 9.47 Å². The number of aromatic nitrogens is 3. The zero-order valence-electron chi connectivity index (χ0n) is 8.64. The number of aromatic amines is 1. The number of anilines is 2. The highest BCUT2D eigenvalue weighted by atomic mass is 16.7. The minimum absolute atomic E-state index is 0.226. The normalized spacial score (nSPS) is 12.5. The van der Waals surface area contributed by atoms with Gasteiger partial charge in [-0.25, -0.2) is 9.89 Å². The first-order chi connectivity index (χ1) is 8.31. The number of nitrogens with one attached hydrogen (secondary N) is 2. The van der Waals surface area contributed by atoms with E-state index in [1.165, 1.54) is 6.20 Å². The summed E-state index contributed by atoms with van der Waals surface area (Å²) in [6, 6.07) is 5.35. The Hall–Kier alpha value is -2.57. The van der Waals surface area contributed by atoms with E-state index in [-0.39, 0.29) is 6.79 Å². The Balaban J connectivity index is 1.88. The average Bonchev–Trinajstić information content (AvgIpc) is 2.76. The molecule has 1 aromatic carbocycles. The second-order valence-corrected chi connectivity index (χ2v) is 3.37. The Labute approximate surface area is 95.4 Å². The van der Waals surface area contributed by atoms with Gasteiger partial charge in [0.2, 0.25) is 6.79 Å². The molecule has 1 aliphatic heterocycles. The van der Waals surface area contributed by atoms with E-state index < -0.39 is 5.69 Å².